The Bertz CT molecular complexity index is 1060. The summed E-state index contributed by atoms with van der Waals surface area (Å²) in [6, 6.07) is 10.9. The number of hydrogen-bond donors (Lipinski definition) is 0. The standard InChI is InChI=1S/C23H20ClN3O3/c24-17-7-5-16(6-8-17)23-15-20-19(4-1-11-25-20)22(29)27(23)13-12-26(23)21(28)10-9-18-3-2-14-30-18/h1-2,4-11,14,18H,3,12-13,15H2/b10-9+. The molecule has 4 heterocycles. The van der Waals surface area contributed by atoms with E-state index in [0.717, 1.165) is 12.0 Å². The lowest BCUT2D eigenvalue weighted by Crippen LogP contribution is -2.58. The van der Waals surface area contributed by atoms with Gasteiger partial charge in [-0.05, 0) is 42.0 Å². The minimum atomic E-state index is -0.931. The third kappa shape index (κ3) is 2.91. The summed E-state index contributed by atoms with van der Waals surface area (Å²) in [5.41, 5.74) is 1.20. The number of carbonyl (C=O) groups excluding carboxylic acids is 2. The van der Waals surface area contributed by atoms with Crippen molar-refractivity contribution in [3.8, 4) is 0 Å². The van der Waals surface area contributed by atoms with E-state index in [4.69, 9.17) is 16.3 Å². The Morgan fingerprint density at radius 1 is 1.23 bits per heavy atom. The second kappa shape index (κ2) is 7.29. The molecule has 2 aromatic rings. The average molecular weight is 422 g/mol. The third-order valence-corrected chi connectivity index (χ3v) is 6.22. The number of pyridine rings is 1. The Labute approximate surface area is 179 Å². The third-order valence-electron chi connectivity index (χ3n) is 5.96. The zero-order chi connectivity index (χ0) is 20.7. The number of halogens is 1. The molecule has 5 rings (SSSR count). The molecule has 1 fully saturated rings. The van der Waals surface area contributed by atoms with Gasteiger partial charge in [0.05, 0.1) is 17.5 Å². The van der Waals surface area contributed by atoms with E-state index in [1.807, 2.05) is 18.2 Å². The molecule has 2 amide bonds. The molecular weight excluding hydrogens is 402 g/mol. The van der Waals surface area contributed by atoms with Crippen LogP contribution in [0.1, 0.15) is 28.0 Å². The van der Waals surface area contributed by atoms with Gasteiger partial charge in [0.1, 0.15) is 11.8 Å². The van der Waals surface area contributed by atoms with Crippen LogP contribution in [0.5, 0.6) is 0 Å². The molecule has 0 aliphatic carbocycles. The highest BCUT2D eigenvalue weighted by molar-refractivity contribution is 6.30. The van der Waals surface area contributed by atoms with Gasteiger partial charge in [0.15, 0.2) is 0 Å². The first-order chi connectivity index (χ1) is 14.6. The molecule has 0 radical (unpaired) electrons. The van der Waals surface area contributed by atoms with Crippen molar-refractivity contribution >= 4 is 23.4 Å². The van der Waals surface area contributed by atoms with Crippen LogP contribution in [0.3, 0.4) is 0 Å². The van der Waals surface area contributed by atoms with Crippen LogP contribution >= 0.6 is 11.6 Å². The highest BCUT2D eigenvalue weighted by Gasteiger charge is 2.55. The SMILES string of the molecule is O=C(/C=C/C1CC=CO1)N1CCN2C(=O)c3cccnc3CC12c1ccc(Cl)cc1. The molecule has 0 N–H and O–H groups in total. The van der Waals surface area contributed by atoms with Crippen LogP contribution in [0, 0.1) is 0 Å². The molecule has 2 unspecified atom stereocenters. The van der Waals surface area contributed by atoms with E-state index in [-0.39, 0.29) is 17.9 Å². The number of ether oxygens (including phenoxy) is 1. The van der Waals surface area contributed by atoms with E-state index < -0.39 is 5.66 Å². The molecule has 0 saturated carbocycles. The molecule has 1 saturated heterocycles. The smallest absolute Gasteiger partial charge is 0.257 e. The maximum atomic E-state index is 13.4. The van der Waals surface area contributed by atoms with Crippen LogP contribution in [0.2, 0.25) is 5.02 Å². The number of benzene rings is 1. The van der Waals surface area contributed by atoms with Gasteiger partial charge in [-0.1, -0.05) is 23.7 Å². The molecule has 1 aromatic carbocycles. The van der Waals surface area contributed by atoms with Gasteiger partial charge in [0, 0.05) is 43.2 Å². The van der Waals surface area contributed by atoms with Crippen LogP contribution in [0.4, 0.5) is 0 Å². The number of fused-ring (bicyclic) bond motifs is 2. The maximum Gasteiger partial charge on any atom is 0.257 e. The summed E-state index contributed by atoms with van der Waals surface area (Å²) in [6.45, 7) is 0.895. The Morgan fingerprint density at radius 3 is 2.83 bits per heavy atom. The molecule has 0 bridgehead atoms. The normalized spacial score (nSPS) is 24.8. The highest BCUT2D eigenvalue weighted by Crippen LogP contribution is 2.44. The van der Waals surface area contributed by atoms with Gasteiger partial charge in [-0.25, -0.2) is 0 Å². The molecular formula is C23H20ClN3O3. The maximum absolute atomic E-state index is 13.4. The average Bonchev–Trinajstić information content (AvgIpc) is 3.41. The van der Waals surface area contributed by atoms with Crippen molar-refractivity contribution in [2.45, 2.75) is 24.6 Å². The van der Waals surface area contributed by atoms with Gasteiger partial charge in [-0.15, -0.1) is 0 Å². The molecule has 152 valence electrons. The van der Waals surface area contributed by atoms with Crippen LogP contribution in [0.25, 0.3) is 0 Å². The fourth-order valence-corrected chi connectivity index (χ4v) is 4.68. The van der Waals surface area contributed by atoms with Crippen LogP contribution in [-0.2, 0) is 21.6 Å². The van der Waals surface area contributed by atoms with Gasteiger partial charge in [-0.3, -0.25) is 14.6 Å². The molecule has 3 aliphatic rings. The lowest BCUT2D eigenvalue weighted by atomic mass is 9.86. The molecule has 0 spiro atoms. The van der Waals surface area contributed by atoms with Gasteiger partial charge in [-0.2, -0.15) is 0 Å². The first kappa shape index (κ1) is 18.9. The molecule has 1 aromatic heterocycles. The topological polar surface area (TPSA) is 62.7 Å². The number of carbonyl (C=O) groups is 2. The predicted molar refractivity (Wildman–Crippen MR) is 112 cm³/mol. The number of aromatic nitrogens is 1. The summed E-state index contributed by atoms with van der Waals surface area (Å²) < 4.78 is 5.43. The lowest BCUT2D eigenvalue weighted by molar-refractivity contribution is -0.134. The lowest BCUT2D eigenvalue weighted by Gasteiger charge is -2.46. The number of hydrogen-bond acceptors (Lipinski definition) is 4. The fourth-order valence-electron chi connectivity index (χ4n) is 4.56. The Morgan fingerprint density at radius 2 is 2.07 bits per heavy atom. The van der Waals surface area contributed by atoms with E-state index in [2.05, 4.69) is 4.98 Å². The van der Waals surface area contributed by atoms with E-state index >= 15 is 0 Å². The Kier molecular flexibility index (Phi) is 4.59. The summed E-state index contributed by atoms with van der Waals surface area (Å²) >= 11 is 6.12. The van der Waals surface area contributed by atoms with Crippen molar-refractivity contribution in [3.63, 3.8) is 0 Å². The minimum Gasteiger partial charge on any atom is -0.494 e. The highest BCUT2D eigenvalue weighted by atomic mass is 35.5. The fraction of sp³-hybridized carbons (Fsp3) is 0.261. The molecule has 2 atom stereocenters. The van der Waals surface area contributed by atoms with Gasteiger partial charge < -0.3 is 14.5 Å². The molecule has 6 nitrogen and oxygen atoms in total. The van der Waals surface area contributed by atoms with Crippen molar-refractivity contribution in [1.82, 2.24) is 14.8 Å². The predicted octanol–water partition coefficient (Wildman–Crippen LogP) is 3.29. The number of amides is 2. The first-order valence-corrected chi connectivity index (χ1v) is 10.3. The monoisotopic (exact) mass is 421 g/mol. The Balaban J connectivity index is 1.58. The zero-order valence-corrected chi connectivity index (χ0v) is 17.0. The van der Waals surface area contributed by atoms with Crippen LogP contribution in [-0.4, -0.2) is 45.8 Å². The molecule has 3 aliphatic heterocycles. The van der Waals surface area contributed by atoms with Crippen molar-refractivity contribution < 1.29 is 14.3 Å². The van der Waals surface area contributed by atoms with E-state index in [1.165, 1.54) is 0 Å². The summed E-state index contributed by atoms with van der Waals surface area (Å²) in [4.78, 5) is 34.7. The van der Waals surface area contributed by atoms with Crippen molar-refractivity contribution in [1.29, 1.82) is 0 Å². The van der Waals surface area contributed by atoms with E-state index in [1.54, 1.807) is 58.7 Å². The van der Waals surface area contributed by atoms with E-state index in [0.29, 0.717) is 35.8 Å². The van der Waals surface area contributed by atoms with E-state index in [9.17, 15) is 9.59 Å². The zero-order valence-electron chi connectivity index (χ0n) is 16.2. The van der Waals surface area contributed by atoms with Crippen molar-refractivity contribution in [3.05, 3.63) is 88.9 Å². The molecule has 30 heavy (non-hydrogen) atoms. The van der Waals surface area contributed by atoms with Gasteiger partial charge >= 0.3 is 0 Å². The summed E-state index contributed by atoms with van der Waals surface area (Å²) in [5, 5.41) is 0.601. The summed E-state index contributed by atoms with van der Waals surface area (Å²) in [6.07, 6.45) is 9.63. The summed E-state index contributed by atoms with van der Waals surface area (Å²) in [7, 11) is 0. The van der Waals surface area contributed by atoms with Crippen molar-refractivity contribution in [2.24, 2.45) is 0 Å². The van der Waals surface area contributed by atoms with Gasteiger partial charge in [0.2, 0.25) is 5.91 Å². The largest absolute Gasteiger partial charge is 0.494 e. The van der Waals surface area contributed by atoms with Crippen LogP contribution < -0.4 is 0 Å². The van der Waals surface area contributed by atoms with Crippen LogP contribution in [0.15, 0.2) is 67.1 Å². The van der Waals surface area contributed by atoms with Crippen molar-refractivity contribution in [2.75, 3.05) is 13.1 Å². The quantitative estimate of drug-likeness (QED) is 0.713. The minimum absolute atomic E-state index is 0.109. The van der Waals surface area contributed by atoms with Gasteiger partial charge in [0.25, 0.3) is 5.91 Å². The molecule has 7 heteroatoms. The Hall–Kier alpha value is -3.12. The number of rotatable bonds is 3. The summed E-state index contributed by atoms with van der Waals surface area (Å²) in [5.74, 6) is -0.267. The number of nitrogens with zero attached hydrogens (tertiary/aromatic N) is 3. The second-order valence-corrected chi connectivity index (χ2v) is 8.02. The second-order valence-electron chi connectivity index (χ2n) is 7.59. The first-order valence-electron chi connectivity index (χ1n) is 9.92.